The van der Waals surface area contributed by atoms with E-state index in [4.69, 9.17) is 0 Å². The Morgan fingerprint density at radius 1 is 1.16 bits per heavy atom. The summed E-state index contributed by atoms with van der Waals surface area (Å²) in [6, 6.07) is 11.9. The molecule has 2 aromatic rings. The third-order valence-electron chi connectivity index (χ3n) is 4.85. The minimum Gasteiger partial charge on any atom is -0.353 e. The maximum atomic E-state index is 12.5. The minimum absolute atomic E-state index is 0.0327. The maximum absolute atomic E-state index is 12.5. The summed E-state index contributed by atoms with van der Waals surface area (Å²) in [5.41, 5.74) is 1.91. The molecule has 2 heterocycles. The van der Waals surface area contributed by atoms with Gasteiger partial charge in [-0.2, -0.15) is 0 Å². The lowest BCUT2D eigenvalue weighted by Gasteiger charge is -2.38. The number of carbonyl (C=O) groups excluding carboxylic acids is 1. The Morgan fingerprint density at radius 3 is 2.56 bits per heavy atom. The Hall–Kier alpha value is -1.63. The maximum Gasteiger partial charge on any atom is 0.251 e. The molecule has 6 heteroatoms. The Balaban J connectivity index is 1.72. The van der Waals surface area contributed by atoms with Crippen molar-refractivity contribution >= 4 is 21.8 Å². The van der Waals surface area contributed by atoms with Gasteiger partial charge in [-0.15, -0.1) is 0 Å². The zero-order chi connectivity index (χ0) is 17.8. The van der Waals surface area contributed by atoms with Gasteiger partial charge in [-0.05, 0) is 37.4 Å². The number of halogens is 1. The predicted octanol–water partition coefficient (Wildman–Crippen LogP) is 2.51. The van der Waals surface area contributed by atoms with Crippen molar-refractivity contribution in [1.82, 2.24) is 19.7 Å². The first-order valence-corrected chi connectivity index (χ1v) is 9.41. The number of carbonyl (C=O) groups is 1. The average molecular weight is 405 g/mol. The Bertz CT molecular complexity index is 722. The molecule has 134 valence electrons. The molecule has 0 bridgehead atoms. The van der Waals surface area contributed by atoms with E-state index in [1.54, 1.807) is 0 Å². The van der Waals surface area contributed by atoms with Crippen molar-refractivity contribution in [3.63, 3.8) is 0 Å². The van der Waals surface area contributed by atoms with Crippen molar-refractivity contribution in [2.24, 2.45) is 7.05 Å². The van der Waals surface area contributed by atoms with E-state index in [1.807, 2.05) is 24.3 Å². The van der Waals surface area contributed by atoms with E-state index in [9.17, 15) is 4.79 Å². The highest BCUT2D eigenvalue weighted by atomic mass is 79.9. The number of amides is 1. The summed E-state index contributed by atoms with van der Waals surface area (Å²) in [5.74, 6) is -0.0327. The van der Waals surface area contributed by atoms with Gasteiger partial charge in [0, 0.05) is 61.7 Å². The van der Waals surface area contributed by atoms with Gasteiger partial charge >= 0.3 is 0 Å². The first-order valence-electron chi connectivity index (χ1n) is 8.62. The summed E-state index contributed by atoms with van der Waals surface area (Å²) in [5, 5.41) is 3.12. The van der Waals surface area contributed by atoms with Gasteiger partial charge in [0.15, 0.2) is 0 Å². The molecule has 0 radical (unpaired) electrons. The molecule has 0 saturated carbocycles. The van der Waals surface area contributed by atoms with Crippen molar-refractivity contribution in [1.29, 1.82) is 0 Å². The summed E-state index contributed by atoms with van der Waals surface area (Å²) in [6.07, 6.45) is 2.06. The third-order valence-corrected chi connectivity index (χ3v) is 5.34. The van der Waals surface area contributed by atoms with Crippen molar-refractivity contribution in [3.8, 4) is 0 Å². The zero-order valence-electron chi connectivity index (χ0n) is 14.8. The van der Waals surface area contributed by atoms with Crippen molar-refractivity contribution in [3.05, 3.63) is 58.3 Å². The van der Waals surface area contributed by atoms with E-state index in [2.05, 4.69) is 68.0 Å². The van der Waals surface area contributed by atoms with Crippen LogP contribution >= 0.6 is 15.9 Å². The molecule has 25 heavy (non-hydrogen) atoms. The van der Waals surface area contributed by atoms with Crippen LogP contribution in [0.3, 0.4) is 0 Å². The third kappa shape index (κ3) is 4.51. The van der Waals surface area contributed by atoms with Crippen molar-refractivity contribution in [2.45, 2.75) is 6.04 Å². The fraction of sp³-hybridized carbons (Fsp3) is 0.421. The second-order valence-electron chi connectivity index (χ2n) is 6.62. The highest BCUT2D eigenvalue weighted by Crippen LogP contribution is 2.22. The monoisotopic (exact) mass is 404 g/mol. The van der Waals surface area contributed by atoms with Gasteiger partial charge in [0.25, 0.3) is 5.91 Å². The molecule has 0 aliphatic carbocycles. The zero-order valence-corrected chi connectivity index (χ0v) is 16.4. The highest BCUT2D eigenvalue weighted by molar-refractivity contribution is 9.10. The first kappa shape index (κ1) is 18.2. The standard InChI is InChI=1S/C19H25BrN4O/c1-22-9-11-24(12-10-22)18(17-7-4-8-23(17)2)14-21-19(25)15-5-3-6-16(20)13-15/h3-8,13,18H,9-12,14H2,1-2H3,(H,21,25). The molecule has 3 rings (SSSR count). The van der Waals surface area contributed by atoms with Crippen LogP contribution in [0.15, 0.2) is 47.1 Å². The molecule has 1 N–H and O–H groups in total. The topological polar surface area (TPSA) is 40.5 Å². The van der Waals surface area contributed by atoms with Gasteiger partial charge in [0.05, 0.1) is 6.04 Å². The first-order chi connectivity index (χ1) is 12.0. The van der Waals surface area contributed by atoms with Gasteiger partial charge in [-0.3, -0.25) is 9.69 Å². The lowest BCUT2D eigenvalue weighted by atomic mass is 10.1. The number of hydrogen-bond donors (Lipinski definition) is 1. The van der Waals surface area contributed by atoms with Crippen LogP contribution in [0.2, 0.25) is 0 Å². The molecule has 5 nitrogen and oxygen atoms in total. The number of rotatable bonds is 5. The number of aryl methyl sites for hydroxylation is 1. The van der Waals surface area contributed by atoms with Crippen LogP contribution in [0.25, 0.3) is 0 Å². The van der Waals surface area contributed by atoms with Gasteiger partial charge < -0.3 is 14.8 Å². The fourth-order valence-corrected chi connectivity index (χ4v) is 3.70. The van der Waals surface area contributed by atoms with Gasteiger partial charge in [-0.25, -0.2) is 0 Å². The smallest absolute Gasteiger partial charge is 0.251 e. The van der Waals surface area contributed by atoms with Crippen LogP contribution < -0.4 is 5.32 Å². The Morgan fingerprint density at radius 2 is 1.92 bits per heavy atom. The van der Waals surface area contributed by atoms with Gasteiger partial charge in [0.1, 0.15) is 0 Å². The molecule has 1 fully saturated rings. The van der Waals surface area contributed by atoms with Crippen LogP contribution in [-0.2, 0) is 7.05 Å². The summed E-state index contributed by atoms with van der Waals surface area (Å²) in [6.45, 7) is 4.74. The van der Waals surface area contributed by atoms with Crippen LogP contribution in [0, 0.1) is 0 Å². The number of hydrogen-bond acceptors (Lipinski definition) is 3. The SMILES string of the molecule is CN1CCN(C(CNC(=O)c2cccc(Br)c2)c2cccn2C)CC1. The summed E-state index contributed by atoms with van der Waals surface area (Å²) < 4.78 is 3.06. The molecular formula is C19H25BrN4O. The minimum atomic E-state index is -0.0327. The summed E-state index contributed by atoms with van der Waals surface area (Å²) in [4.78, 5) is 17.3. The van der Waals surface area contributed by atoms with E-state index >= 15 is 0 Å². The fourth-order valence-electron chi connectivity index (χ4n) is 3.30. The number of nitrogens with zero attached hydrogens (tertiary/aromatic N) is 3. The molecule has 1 amide bonds. The van der Waals surface area contributed by atoms with E-state index in [0.717, 1.165) is 30.7 Å². The average Bonchev–Trinajstić information content (AvgIpc) is 3.02. The largest absolute Gasteiger partial charge is 0.353 e. The lowest BCUT2D eigenvalue weighted by molar-refractivity contribution is 0.0877. The molecule has 1 atom stereocenters. The number of benzene rings is 1. The molecule has 1 saturated heterocycles. The van der Waals surface area contributed by atoms with Crippen LogP contribution in [-0.4, -0.2) is 60.0 Å². The molecule has 1 aliphatic rings. The summed E-state index contributed by atoms with van der Waals surface area (Å²) >= 11 is 3.42. The van der Waals surface area contributed by atoms with Crippen molar-refractivity contribution in [2.75, 3.05) is 39.8 Å². The molecule has 1 aromatic heterocycles. The highest BCUT2D eigenvalue weighted by Gasteiger charge is 2.26. The molecule has 1 aromatic carbocycles. The van der Waals surface area contributed by atoms with E-state index in [1.165, 1.54) is 5.69 Å². The second kappa shape index (κ2) is 8.17. The molecular weight excluding hydrogens is 380 g/mol. The number of likely N-dealkylation sites (N-methyl/N-ethyl adjacent to an activating group) is 1. The molecule has 1 aliphatic heterocycles. The van der Waals surface area contributed by atoms with Gasteiger partial charge in [-0.1, -0.05) is 22.0 Å². The van der Waals surface area contributed by atoms with E-state index in [0.29, 0.717) is 12.1 Å². The quantitative estimate of drug-likeness (QED) is 0.831. The van der Waals surface area contributed by atoms with Crippen LogP contribution in [0.5, 0.6) is 0 Å². The number of aromatic nitrogens is 1. The number of nitrogens with one attached hydrogen (secondary N) is 1. The van der Waals surface area contributed by atoms with E-state index < -0.39 is 0 Å². The molecule has 0 spiro atoms. The van der Waals surface area contributed by atoms with Crippen LogP contribution in [0.1, 0.15) is 22.1 Å². The van der Waals surface area contributed by atoms with Crippen LogP contribution in [0.4, 0.5) is 0 Å². The number of piperazine rings is 1. The lowest BCUT2D eigenvalue weighted by Crippen LogP contribution is -2.48. The van der Waals surface area contributed by atoms with Crippen molar-refractivity contribution < 1.29 is 4.79 Å². The Labute approximate surface area is 157 Å². The predicted molar refractivity (Wildman–Crippen MR) is 104 cm³/mol. The van der Waals surface area contributed by atoms with Gasteiger partial charge in [0.2, 0.25) is 0 Å². The molecule has 1 unspecified atom stereocenters. The summed E-state index contributed by atoms with van der Waals surface area (Å²) in [7, 11) is 4.22. The Kier molecular flexibility index (Phi) is 5.93. The second-order valence-corrected chi connectivity index (χ2v) is 7.54. The van der Waals surface area contributed by atoms with E-state index in [-0.39, 0.29) is 11.9 Å². The normalized spacial score (nSPS) is 17.4.